The number of aryl methyl sites for hydroxylation is 3. The van der Waals surface area contributed by atoms with Crippen molar-refractivity contribution in [3.63, 3.8) is 0 Å². The zero-order chi connectivity index (χ0) is 36.4. The molecule has 0 saturated heterocycles. The minimum atomic E-state index is -4.85. The molecule has 4 rings (SSSR count). The number of esters is 1. The van der Waals surface area contributed by atoms with E-state index in [-0.39, 0.29) is 43.1 Å². The Morgan fingerprint density at radius 3 is 1.96 bits per heavy atom. The Hall–Kier alpha value is -5.12. The third-order valence-electron chi connectivity index (χ3n) is 8.40. The highest BCUT2D eigenvalue weighted by Gasteiger charge is 2.33. The molecule has 0 heterocycles. The summed E-state index contributed by atoms with van der Waals surface area (Å²) in [6.07, 6.45) is -3.51. The summed E-state index contributed by atoms with van der Waals surface area (Å²) in [4.78, 5) is 38.5. The maximum absolute atomic E-state index is 14.2. The number of hydrogen-bond acceptors (Lipinski definition) is 5. The summed E-state index contributed by atoms with van der Waals surface area (Å²) in [7, 11) is 0. The van der Waals surface area contributed by atoms with Gasteiger partial charge in [-0.15, -0.1) is 13.2 Å². The fourth-order valence-electron chi connectivity index (χ4n) is 6.35. The van der Waals surface area contributed by atoms with E-state index in [0.29, 0.717) is 29.7 Å². The van der Waals surface area contributed by atoms with Crippen molar-refractivity contribution in [3.05, 3.63) is 118 Å². The van der Waals surface area contributed by atoms with Gasteiger partial charge in [-0.3, -0.25) is 14.4 Å². The van der Waals surface area contributed by atoms with Crippen molar-refractivity contribution >= 4 is 23.5 Å². The predicted molar refractivity (Wildman–Crippen MR) is 188 cm³/mol. The fourth-order valence-corrected chi connectivity index (χ4v) is 6.35. The van der Waals surface area contributed by atoms with E-state index in [1.165, 1.54) is 29.8 Å². The molecule has 0 aliphatic rings. The Kier molecular flexibility index (Phi) is 12.8. The van der Waals surface area contributed by atoms with Crippen molar-refractivity contribution in [2.75, 3.05) is 18.5 Å². The number of halogens is 3. The van der Waals surface area contributed by atoms with Crippen molar-refractivity contribution in [2.24, 2.45) is 0 Å². The average molecular weight is 689 g/mol. The summed E-state index contributed by atoms with van der Waals surface area (Å²) in [5, 5.41) is 5.74. The SMILES string of the molecule is CCC[C@@H](c1ccc(C(=O)NCCC(=O)OCC)cc1)[C@@H](C(=O)Nc1ccc(-c2c(C)cc(C)cc2C)cc1)c1ccc(OC(F)(F)F)cc1. The summed E-state index contributed by atoms with van der Waals surface area (Å²) in [5.41, 5.74) is 7.89. The van der Waals surface area contributed by atoms with Crippen LogP contribution in [-0.4, -0.2) is 37.3 Å². The summed E-state index contributed by atoms with van der Waals surface area (Å²) < 4.78 is 47.7. The molecule has 4 aromatic rings. The number of anilines is 1. The Morgan fingerprint density at radius 1 is 0.800 bits per heavy atom. The number of alkyl halides is 3. The zero-order valence-corrected chi connectivity index (χ0v) is 28.9. The van der Waals surface area contributed by atoms with E-state index < -0.39 is 18.2 Å². The topological polar surface area (TPSA) is 93.7 Å². The van der Waals surface area contributed by atoms with Crippen LogP contribution in [0.5, 0.6) is 5.75 Å². The lowest BCUT2D eigenvalue weighted by Gasteiger charge is -2.28. The average Bonchev–Trinajstić information content (AvgIpc) is 3.05. The van der Waals surface area contributed by atoms with Crippen LogP contribution in [0.1, 0.15) is 83.1 Å². The Bertz CT molecular complexity index is 1750. The molecule has 50 heavy (non-hydrogen) atoms. The third-order valence-corrected chi connectivity index (χ3v) is 8.40. The highest BCUT2D eigenvalue weighted by Crippen LogP contribution is 2.39. The van der Waals surface area contributed by atoms with Gasteiger partial charge in [0.25, 0.3) is 5.91 Å². The van der Waals surface area contributed by atoms with Gasteiger partial charge in [0.1, 0.15) is 5.75 Å². The number of amides is 2. The number of carbonyl (C=O) groups is 3. The molecule has 0 saturated carbocycles. The molecule has 0 aromatic heterocycles. The van der Waals surface area contributed by atoms with Crippen LogP contribution in [0.25, 0.3) is 11.1 Å². The maximum atomic E-state index is 14.2. The Labute approximate surface area is 291 Å². The number of nitrogens with one attached hydrogen (secondary N) is 2. The first-order chi connectivity index (χ1) is 23.8. The number of hydrogen-bond donors (Lipinski definition) is 2. The van der Waals surface area contributed by atoms with Gasteiger partial charge in [-0.25, -0.2) is 0 Å². The molecule has 0 radical (unpaired) electrons. The van der Waals surface area contributed by atoms with Gasteiger partial charge in [0.15, 0.2) is 0 Å². The van der Waals surface area contributed by atoms with Gasteiger partial charge in [-0.2, -0.15) is 0 Å². The van der Waals surface area contributed by atoms with Gasteiger partial charge >= 0.3 is 12.3 Å². The lowest BCUT2D eigenvalue weighted by molar-refractivity contribution is -0.274. The zero-order valence-electron chi connectivity index (χ0n) is 28.9. The van der Waals surface area contributed by atoms with E-state index in [0.717, 1.165) is 27.8 Å². The van der Waals surface area contributed by atoms with E-state index >= 15 is 0 Å². The van der Waals surface area contributed by atoms with Crippen LogP contribution in [0.2, 0.25) is 0 Å². The van der Waals surface area contributed by atoms with E-state index in [4.69, 9.17) is 4.74 Å². The van der Waals surface area contributed by atoms with E-state index in [1.54, 1.807) is 31.2 Å². The molecule has 2 amide bonds. The van der Waals surface area contributed by atoms with Crippen molar-refractivity contribution in [1.82, 2.24) is 5.32 Å². The monoisotopic (exact) mass is 688 g/mol. The number of carbonyl (C=O) groups excluding carboxylic acids is 3. The number of benzene rings is 4. The first-order valence-corrected chi connectivity index (χ1v) is 16.7. The molecule has 0 bridgehead atoms. The molecule has 264 valence electrons. The highest BCUT2D eigenvalue weighted by molar-refractivity contribution is 5.97. The molecule has 2 atom stereocenters. The van der Waals surface area contributed by atoms with Crippen LogP contribution in [0.4, 0.5) is 18.9 Å². The van der Waals surface area contributed by atoms with E-state index in [2.05, 4.69) is 48.3 Å². The molecule has 2 N–H and O–H groups in total. The van der Waals surface area contributed by atoms with Gasteiger partial charge < -0.3 is 20.1 Å². The Balaban J connectivity index is 1.62. The van der Waals surface area contributed by atoms with Crippen molar-refractivity contribution in [2.45, 2.75) is 72.1 Å². The normalized spacial score (nSPS) is 12.5. The minimum absolute atomic E-state index is 0.0494. The second-order valence-corrected chi connectivity index (χ2v) is 12.3. The number of ether oxygens (including phenoxy) is 2. The second kappa shape index (κ2) is 17.0. The first-order valence-electron chi connectivity index (χ1n) is 16.7. The lowest BCUT2D eigenvalue weighted by atomic mass is 9.78. The predicted octanol–water partition coefficient (Wildman–Crippen LogP) is 9.17. The van der Waals surface area contributed by atoms with Gasteiger partial charge in [-0.05, 0) is 110 Å². The van der Waals surface area contributed by atoms with Crippen LogP contribution in [0, 0.1) is 20.8 Å². The molecule has 10 heteroatoms. The van der Waals surface area contributed by atoms with Gasteiger partial charge in [0.2, 0.25) is 5.91 Å². The largest absolute Gasteiger partial charge is 0.573 e. The minimum Gasteiger partial charge on any atom is -0.466 e. The van der Waals surface area contributed by atoms with Crippen LogP contribution in [0.15, 0.2) is 84.9 Å². The molecule has 4 aromatic carbocycles. The third kappa shape index (κ3) is 10.2. The quantitative estimate of drug-likeness (QED) is 0.129. The summed E-state index contributed by atoms with van der Waals surface area (Å²) >= 11 is 0. The number of rotatable bonds is 14. The summed E-state index contributed by atoms with van der Waals surface area (Å²) in [6, 6.07) is 24.1. The molecule has 7 nitrogen and oxygen atoms in total. The van der Waals surface area contributed by atoms with Crippen molar-refractivity contribution in [1.29, 1.82) is 0 Å². The second-order valence-electron chi connectivity index (χ2n) is 12.3. The highest BCUT2D eigenvalue weighted by atomic mass is 19.4. The molecule has 0 aliphatic carbocycles. The smallest absolute Gasteiger partial charge is 0.466 e. The molecule has 0 aliphatic heterocycles. The van der Waals surface area contributed by atoms with Crippen LogP contribution in [0.3, 0.4) is 0 Å². The van der Waals surface area contributed by atoms with E-state index in [9.17, 15) is 27.6 Å². The molecule has 0 unspecified atom stereocenters. The fraction of sp³-hybridized carbons (Fsp3) is 0.325. The lowest BCUT2D eigenvalue weighted by Crippen LogP contribution is -2.27. The molecular formula is C40H43F3N2O5. The molecule has 0 spiro atoms. The molecular weight excluding hydrogens is 645 g/mol. The van der Waals surface area contributed by atoms with Gasteiger partial charge in [-0.1, -0.05) is 67.4 Å². The van der Waals surface area contributed by atoms with Crippen molar-refractivity contribution in [3.8, 4) is 16.9 Å². The van der Waals surface area contributed by atoms with Crippen molar-refractivity contribution < 1.29 is 37.0 Å². The van der Waals surface area contributed by atoms with E-state index in [1.807, 2.05) is 31.2 Å². The van der Waals surface area contributed by atoms with Crippen LogP contribution < -0.4 is 15.4 Å². The summed E-state index contributed by atoms with van der Waals surface area (Å²) in [5.74, 6) is -2.65. The van der Waals surface area contributed by atoms with Gasteiger partial charge in [0.05, 0.1) is 18.9 Å². The van der Waals surface area contributed by atoms with Gasteiger partial charge in [0, 0.05) is 17.8 Å². The maximum Gasteiger partial charge on any atom is 0.573 e. The summed E-state index contributed by atoms with van der Waals surface area (Å²) in [6.45, 7) is 10.3. The standard InChI is InChI=1S/C40H43F3N2O5/c1-6-8-34(28-9-11-31(12-10-28)38(47)44-22-21-35(46)49-7-2)37(30-15-19-33(20-16-30)50-40(41,42)43)39(48)45-32-17-13-29(14-18-32)36-26(4)23-25(3)24-27(36)5/h9-20,23-24,34,37H,6-8,21-22H2,1-5H3,(H,44,47)(H,45,48)/t34-,37-/m0/s1. The van der Waals surface area contributed by atoms with Crippen LogP contribution in [-0.2, 0) is 14.3 Å². The van der Waals surface area contributed by atoms with Crippen LogP contribution >= 0.6 is 0 Å². The first kappa shape index (κ1) is 37.7. The Morgan fingerprint density at radius 2 is 1.40 bits per heavy atom. The molecule has 0 fully saturated rings.